The highest BCUT2D eigenvalue weighted by atomic mass is 19.4. The van der Waals surface area contributed by atoms with Crippen LogP contribution in [0.5, 0.6) is 11.5 Å². The van der Waals surface area contributed by atoms with E-state index in [0.717, 1.165) is 12.1 Å². The summed E-state index contributed by atoms with van der Waals surface area (Å²) >= 11 is 0. The molecule has 1 amide bonds. The Morgan fingerprint density at radius 1 is 0.903 bits per heavy atom. The van der Waals surface area contributed by atoms with Crippen LogP contribution in [0.4, 0.5) is 18.9 Å². The molecule has 0 aliphatic rings. The molecule has 0 saturated carbocycles. The largest absolute Gasteiger partial charge is 0.573 e. The number of anilines is 1. The Morgan fingerprint density at radius 3 is 2.10 bits per heavy atom. The number of furan rings is 1. The van der Waals surface area contributed by atoms with E-state index in [1.807, 2.05) is 24.3 Å². The molecule has 0 saturated heterocycles. The lowest BCUT2D eigenvalue weighted by molar-refractivity contribution is -0.274. The lowest BCUT2D eigenvalue weighted by Gasteiger charge is -2.19. The van der Waals surface area contributed by atoms with Gasteiger partial charge < -0.3 is 19.2 Å². The van der Waals surface area contributed by atoms with E-state index in [1.165, 1.54) is 23.8 Å². The molecule has 0 bridgehead atoms. The molecule has 164 valence electrons. The number of carbonyl (C=O) groups is 1. The molecule has 8 heteroatoms. The Hall–Kier alpha value is -3.42. The van der Waals surface area contributed by atoms with Gasteiger partial charge in [-0.25, -0.2) is 0 Å². The number of benzene rings is 2. The minimum absolute atomic E-state index is 0.0491. The molecule has 1 N–H and O–H groups in total. The fourth-order valence-electron chi connectivity index (χ4n) is 2.72. The van der Waals surface area contributed by atoms with E-state index in [-0.39, 0.29) is 23.5 Å². The van der Waals surface area contributed by atoms with Gasteiger partial charge in [0.25, 0.3) is 5.91 Å². The molecule has 0 spiro atoms. The fourth-order valence-corrected chi connectivity index (χ4v) is 2.72. The van der Waals surface area contributed by atoms with Crippen LogP contribution in [0, 0.1) is 0 Å². The standard InChI is InChI=1S/C23H22F3NO4/c1-22(2,3)15-4-8-17(9-5-15)29-14-19-12-13-20(30-19)21(28)27-16-6-10-18(11-7-16)31-23(24,25)26/h4-13H,14H2,1-3H3,(H,27,28). The van der Waals surface area contributed by atoms with Gasteiger partial charge in [0.1, 0.15) is 23.9 Å². The zero-order chi connectivity index (χ0) is 22.6. The number of carbonyl (C=O) groups excluding carboxylic acids is 1. The minimum Gasteiger partial charge on any atom is -0.486 e. The van der Waals surface area contributed by atoms with Gasteiger partial charge in [0.15, 0.2) is 5.76 Å². The van der Waals surface area contributed by atoms with Crippen molar-refractivity contribution in [3.63, 3.8) is 0 Å². The maximum Gasteiger partial charge on any atom is 0.573 e. The van der Waals surface area contributed by atoms with Crippen LogP contribution in [0.2, 0.25) is 0 Å². The summed E-state index contributed by atoms with van der Waals surface area (Å²) in [4.78, 5) is 12.3. The van der Waals surface area contributed by atoms with Gasteiger partial charge in [-0.05, 0) is 59.5 Å². The van der Waals surface area contributed by atoms with E-state index in [9.17, 15) is 18.0 Å². The topological polar surface area (TPSA) is 60.7 Å². The van der Waals surface area contributed by atoms with Gasteiger partial charge in [-0.3, -0.25) is 4.79 Å². The maximum absolute atomic E-state index is 12.3. The summed E-state index contributed by atoms with van der Waals surface area (Å²) in [5.41, 5.74) is 1.54. The number of amides is 1. The van der Waals surface area contributed by atoms with Crippen molar-refractivity contribution in [2.75, 3.05) is 5.32 Å². The summed E-state index contributed by atoms with van der Waals surface area (Å²) in [6.07, 6.45) is -4.77. The summed E-state index contributed by atoms with van der Waals surface area (Å²) in [5, 5.41) is 2.55. The van der Waals surface area contributed by atoms with Gasteiger partial charge in [-0.15, -0.1) is 13.2 Å². The Kier molecular flexibility index (Phi) is 6.29. The van der Waals surface area contributed by atoms with Gasteiger partial charge in [0, 0.05) is 5.69 Å². The molecule has 3 aromatic rings. The van der Waals surface area contributed by atoms with Gasteiger partial charge in [0.05, 0.1) is 0 Å². The fraction of sp³-hybridized carbons (Fsp3) is 0.261. The van der Waals surface area contributed by atoms with E-state index < -0.39 is 12.3 Å². The number of alkyl halides is 3. The molecule has 5 nitrogen and oxygen atoms in total. The minimum atomic E-state index is -4.77. The van der Waals surface area contributed by atoms with Crippen molar-refractivity contribution in [3.05, 3.63) is 77.7 Å². The number of rotatable bonds is 6. The summed E-state index contributed by atoms with van der Waals surface area (Å²) < 4.78 is 51.6. The van der Waals surface area contributed by atoms with Gasteiger partial charge >= 0.3 is 6.36 Å². The van der Waals surface area contributed by atoms with Crippen LogP contribution in [-0.4, -0.2) is 12.3 Å². The first-order valence-electron chi connectivity index (χ1n) is 9.49. The maximum atomic E-state index is 12.3. The molecule has 3 rings (SSSR count). The van der Waals surface area contributed by atoms with Crippen molar-refractivity contribution in [1.29, 1.82) is 0 Å². The second kappa shape index (κ2) is 8.75. The van der Waals surface area contributed by atoms with Crippen molar-refractivity contribution in [3.8, 4) is 11.5 Å². The molecule has 0 radical (unpaired) electrons. The highest BCUT2D eigenvalue weighted by Crippen LogP contribution is 2.26. The quantitative estimate of drug-likeness (QED) is 0.495. The number of halogens is 3. The number of ether oxygens (including phenoxy) is 2. The normalized spacial score (nSPS) is 11.8. The van der Waals surface area contributed by atoms with Crippen molar-refractivity contribution < 1.29 is 31.9 Å². The molecule has 0 fully saturated rings. The third-order valence-corrected chi connectivity index (χ3v) is 4.33. The van der Waals surface area contributed by atoms with Crippen LogP contribution in [0.25, 0.3) is 0 Å². The first kappa shape index (κ1) is 22.3. The summed E-state index contributed by atoms with van der Waals surface area (Å²) in [5.74, 6) is 0.275. The lowest BCUT2D eigenvalue weighted by Crippen LogP contribution is -2.17. The average Bonchev–Trinajstić information content (AvgIpc) is 3.16. The second-order valence-electron chi connectivity index (χ2n) is 7.86. The molecule has 31 heavy (non-hydrogen) atoms. The van der Waals surface area contributed by atoms with E-state index >= 15 is 0 Å². The van der Waals surface area contributed by atoms with Crippen LogP contribution >= 0.6 is 0 Å². The molecular weight excluding hydrogens is 411 g/mol. The molecule has 0 aliphatic carbocycles. The average molecular weight is 433 g/mol. The van der Waals surface area contributed by atoms with Gasteiger partial charge in [-0.1, -0.05) is 32.9 Å². The molecule has 0 unspecified atom stereocenters. The summed E-state index contributed by atoms with van der Waals surface area (Å²) in [6.45, 7) is 6.53. The Labute approximate surface area is 177 Å². The predicted octanol–water partition coefficient (Wildman–Crippen LogP) is 6.31. The summed E-state index contributed by atoms with van der Waals surface area (Å²) in [7, 11) is 0. The molecule has 1 aromatic heterocycles. The van der Waals surface area contributed by atoms with Crippen LogP contribution in [0.15, 0.2) is 65.1 Å². The Bertz CT molecular complexity index is 1020. The zero-order valence-corrected chi connectivity index (χ0v) is 17.2. The third-order valence-electron chi connectivity index (χ3n) is 4.33. The smallest absolute Gasteiger partial charge is 0.486 e. The van der Waals surface area contributed by atoms with Crippen LogP contribution < -0.4 is 14.8 Å². The van der Waals surface area contributed by atoms with Gasteiger partial charge in [-0.2, -0.15) is 0 Å². The predicted molar refractivity (Wildman–Crippen MR) is 109 cm³/mol. The Balaban J connectivity index is 1.54. The highest BCUT2D eigenvalue weighted by Gasteiger charge is 2.31. The highest BCUT2D eigenvalue weighted by molar-refractivity contribution is 6.02. The van der Waals surface area contributed by atoms with Crippen LogP contribution in [0.3, 0.4) is 0 Å². The molecule has 2 aromatic carbocycles. The first-order chi connectivity index (χ1) is 14.5. The molecule has 0 atom stereocenters. The number of hydrogen-bond acceptors (Lipinski definition) is 4. The van der Waals surface area contributed by atoms with Crippen molar-refractivity contribution in [2.45, 2.75) is 39.2 Å². The molecular formula is C23H22F3NO4. The number of nitrogens with one attached hydrogen (secondary N) is 1. The van der Waals surface area contributed by atoms with E-state index in [2.05, 4.69) is 30.8 Å². The van der Waals surface area contributed by atoms with E-state index in [1.54, 1.807) is 6.07 Å². The first-order valence-corrected chi connectivity index (χ1v) is 9.49. The Morgan fingerprint density at radius 2 is 1.52 bits per heavy atom. The lowest BCUT2D eigenvalue weighted by atomic mass is 9.87. The van der Waals surface area contributed by atoms with Crippen molar-refractivity contribution in [1.82, 2.24) is 0 Å². The van der Waals surface area contributed by atoms with Crippen LogP contribution in [0.1, 0.15) is 42.6 Å². The third kappa shape index (κ3) is 6.53. The molecule has 1 heterocycles. The van der Waals surface area contributed by atoms with E-state index in [0.29, 0.717) is 17.2 Å². The second-order valence-corrected chi connectivity index (χ2v) is 7.86. The summed E-state index contributed by atoms with van der Waals surface area (Å²) in [6, 6.07) is 15.7. The zero-order valence-electron chi connectivity index (χ0n) is 17.2. The molecule has 0 aliphatic heterocycles. The van der Waals surface area contributed by atoms with Crippen molar-refractivity contribution in [2.24, 2.45) is 0 Å². The SMILES string of the molecule is CC(C)(C)c1ccc(OCc2ccc(C(=O)Nc3ccc(OC(F)(F)F)cc3)o2)cc1. The number of hydrogen-bond donors (Lipinski definition) is 1. The van der Waals surface area contributed by atoms with E-state index in [4.69, 9.17) is 9.15 Å². The van der Waals surface area contributed by atoms with Crippen LogP contribution in [-0.2, 0) is 12.0 Å². The van der Waals surface area contributed by atoms with Crippen molar-refractivity contribution >= 4 is 11.6 Å². The van der Waals surface area contributed by atoms with Gasteiger partial charge in [0.2, 0.25) is 0 Å². The monoisotopic (exact) mass is 433 g/mol.